The molecule has 1 aromatic rings. The second-order valence-corrected chi connectivity index (χ2v) is 6.19. The van der Waals surface area contributed by atoms with Crippen LogP contribution in [0.4, 0.5) is 0 Å². The summed E-state index contributed by atoms with van der Waals surface area (Å²) in [4.78, 5) is 0. The van der Waals surface area contributed by atoms with Crippen molar-refractivity contribution < 1.29 is 23.0 Å². The Morgan fingerprint density at radius 2 is 2.06 bits per heavy atom. The largest absolute Gasteiger partial charge is 0.497 e. The van der Waals surface area contributed by atoms with Crippen molar-refractivity contribution in [1.29, 1.82) is 0 Å². The second-order valence-electron chi connectivity index (χ2n) is 3.72. The van der Waals surface area contributed by atoms with Crippen LogP contribution >= 0.6 is 0 Å². The zero-order chi connectivity index (χ0) is 13.6. The number of rotatable bonds is 7. The average molecular weight is 274 g/mol. The van der Waals surface area contributed by atoms with Crippen molar-refractivity contribution in [1.82, 2.24) is 0 Å². The zero-order valence-electron chi connectivity index (χ0n) is 10.5. The summed E-state index contributed by atoms with van der Waals surface area (Å²) >= 11 is 0. The lowest BCUT2D eigenvalue weighted by Gasteiger charge is -2.11. The summed E-state index contributed by atoms with van der Waals surface area (Å²) in [6.45, 7) is 1.49. The molecule has 0 aliphatic rings. The van der Waals surface area contributed by atoms with Gasteiger partial charge in [0.25, 0.3) is 0 Å². The van der Waals surface area contributed by atoms with Crippen LogP contribution in [0.1, 0.15) is 12.5 Å². The fraction of sp³-hybridized carbons (Fsp3) is 0.500. The summed E-state index contributed by atoms with van der Waals surface area (Å²) in [5.74, 6) is 1.17. The molecule has 1 aromatic carbocycles. The first-order valence-electron chi connectivity index (χ1n) is 5.63. The molecule has 102 valence electrons. The number of aliphatic hydroxyl groups excluding tert-OH is 1. The van der Waals surface area contributed by atoms with Gasteiger partial charge in [-0.15, -0.1) is 0 Å². The molecule has 0 aromatic heterocycles. The van der Waals surface area contributed by atoms with Gasteiger partial charge in [0.2, 0.25) is 0 Å². The van der Waals surface area contributed by atoms with Crippen LogP contribution in [0.25, 0.3) is 0 Å². The molecule has 1 rings (SSSR count). The summed E-state index contributed by atoms with van der Waals surface area (Å²) in [6, 6.07) is 5.01. The van der Waals surface area contributed by atoms with Gasteiger partial charge in [0.1, 0.15) is 18.1 Å². The molecule has 1 N–H and O–H groups in total. The Hall–Kier alpha value is -1.27. The Morgan fingerprint density at radius 1 is 1.33 bits per heavy atom. The first kappa shape index (κ1) is 14.8. The molecule has 0 spiro atoms. The maximum absolute atomic E-state index is 11.3. The Labute approximate surface area is 107 Å². The van der Waals surface area contributed by atoms with E-state index < -0.39 is 9.84 Å². The molecule has 0 saturated carbocycles. The zero-order valence-corrected chi connectivity index (χ0v) is 11.4. The molecular formula is C12H18O5S. The molecule has 0 saturated heterocycles. The molecule has 0 heterocycles. The van der Waals surface area contributed by atoms with E-state index in [0.717, 1.165) is 0 Å². The van der Waals surface area contributed by atoms with Crippen LogP contribution in [0.2, 0.25) is 0 Å². The quantitative estimate of drug-likeness (QED) is 0.803. The minimum absolute atomic E-state index is 0.0274. The van der Waals surface area contributed by atoms with Gasteiger partial charge in [0.15, 0.2) is 9.84 Å². The first-order chi connectivity index (χ1) is 8.52. The van der Waals surface area contributed by atoms with E-state index in [1.165, 1.54) is 7.11 Å². The number of methoxy groups -OCH3 is 1. The third kappa shape index (κ3) is 4.19. The number of benzene rings is 1. The Morgan fingerprint density at radius 3 is 2.61 bits per heavy atom. The van der Waals surface area contributed by atoms with E-state index in [1.54, 1.807) is 25.1 Å². The van der Waals surface area contributed by atoms with Crippen LogP contribution in [0.5, 0.6) is 11.5 Å². The fourth-order valence-electron chi connectivity index (χ4n) is 1.37. The van der Waals surface area contributed by atoms with Gasteiger partial charge in [-0.2, -0.15) is 0 Å². The van der Waals surface area contributed by atoms with Crippen LogP contribution in [0.15, 0.2) is 18.2 Å². The van der Waals surface area contributed by atoms with Gasteiger partial charge in [-0.1, -0.05) is 6.92 Å². The summed E-state index contributed by atoms with van der Waals surface area (Å²) < 4.78 is 33.0. The highest BCUT2D eigenvalue weighted by Gasteiger charge is 2.09. The van der Waals surface area contributed by atoms with Crippen molar-refractivity contribution in [3.63, 3.8) is 0 Å². The van der Waals surface area contributed by atoms with Crippen molar-refractivity contribution in [3.8, 4) is 11.5 Å². The summed E-state index contributed by atoms with van der Waals surface area (Å²) in [6.07, 6.45) is 0. The van der Waals surface area contributed by atoms with Crippen LogP contribution in [-0.2, 0) is 16.4 Å². The normalized spacial score (nSPS) is 11.3. The van der Waals surface area contributed by atoms with E-state index in [0.29, 0.717) is 17.1 Å². The minimum atomic E-state index is -3.03. The van der Waals surface area contributed by atoms with Gasteiger partial charge in [0, 0.05) is 11.3 Å². The SMILES string of the molecule is CCS(=O)(=O)CCOc1ccc(OC)cc1CO. The topological polar surface area (TPSA) is 72.8 Å². The Bertz CT molecular complexity index is 481. The van der Waals surface area contributed by atoms with Crippen molar-refractivity contribution >= 4 is 9.84 Å². The highest BCUT2D eigenvalue weighted by Crippen LogP contribution is 2.24. The number of sulfone groups is 1. The first-order valence-corrected chi connectivity index (χ1v) is 7.45. The van der Waals surface area contributed by atoms with Gasteiger partial charge < -0.3 is 14.6 Å². The maximum atomic E-state index is 11.3. The van der Waals surface area contributed by atoms with E-state index in [-0.39, 0.29) is 24.7 Å². The highest BCUT2D eigenvalue weighted by molar-refractivity contribution is 7.91. The lowest BCUT2D eigenvalue weighted by Crippen LogP contribution is -2.16. The Kier molecular flexibility index (Phi) is 5.43. The van der Waals surface area contributed by atoms with Crippen LogP contribution in [-0.4, -0.2) is 38.7 Å². The van der Waals surface area contributed by atoms with Crippen molar-refractivity contribution in [2.75, 3.05) is 25.2 Å². The third-order valence-electron chi connectivity index (χ3n) is 2.53. The average Bonchev–Trinajstić information content (AvgIpc) is 2.38. The van der Waals surface area contributed by atoms with Gasteiger partial charge in [-0.3, -0.25) is 0 Å². The number of hydrogen-bond acceptors (Lipinski definition) is 5. The second kappa shape index (κ2) is 6.61. The van der Waals surface area contributed by atoms with Crippen LogP contribution in [0, 0.1) is 0 Å². The molecule has 18 heavy (non-hydrogen) atoms. The van der Waals surface area contributed by atoms with E-state index in [4.69, 9.17) is 9.47 Å². The highest BCUT2D eigenvalue weighted by atomic mass is 32.2. The molecule has 0 aliphatic heterocycles. The van der Waals surface area contributed by atoms with E-state index >= 15 is 0 Å². The van der Waals surface area contributed by atoms with Crippen LogP contribution in [0.3, 0.4) is 0 Å². The molecule has 0 aliphatic carbocycles. The summed E-state index contributed by atoms with van der Waals surface area (Å²) in [7, 11) is -1.50. The van der Waals surface area contributed by atoms with Crippen molar-refractivity contribution in [2.24, 2.45) is 0 Å². The van der Waals surface area contributed by atoms with Gasteiger partial charge in [-0.25, -0.2) is 8.42 Å². The van der Waals surface area contributed by atoms with E-state index in [9.17, 15) is 13.5 Å². The van der Waals surface area contributed by atoms with E-state index in [1.807, 2.05) is 0 Å². The Balaban J connectivity index is 2.67. The molecule has 0 bridgehead atoms. The third-order valence-corrected chi connectivity index (χ3v) is 4.20. The summed E-state index contributed by atoms with van der Waals surface area (Å²) in [5, 5.41) is 9.19. The molecule has 5 nitrogen and oxygen atoms in total. The predicted molar refractivity (Wildman–Crippen MR) is 68.7 cm³/mol. The van der Waals surface area contributed by atoms with Gasteiger partial charge >= 0.3 is 0 Å². The summed E-state index contributed by atoms with van der Waals surface area (Å²) in [5.41, 5.74) is 0.572. The molecular weight excluding hydrogens is 256 g/mol. The lowest BCUT2D eigenvalue weighted by atomic mass is 10.2. The number of ether oxygens (including phenoxy) is 2. The fourth-order valence-corrected chi connectivity index (χ4v) is 2.00. The number of hydrogen-bond donors (Lipinski definition) is 1. The van der Waals surface area contributed by atoms with Crippen LogP contribution < -0.4 is 9.47 Å². The molecule has 0 radical (unpaired) electrons. The van der Waals surface area contributed by atoms with Crippen molar-refractivity contribution in [3.05, 3.63) is 23.8 Å². The molecule has 0 amide bonds. The monoisotopic (exact) mass is 274 g/mol. The smallest absolute Gasteiger partial charge is 0.153 e. The predicted octanol–water partition coefficient (Wildman–Crippen LogP) is 1.00. The van der Waals surface area contributed by atoms with Crippen molar-refractivity contribution in [2.45, 2.75) is 13.5 Å². The molecule has 0 unspecified atom stereocenters. The molecule has 0 fully saturated rings. The number of aliphatic hydroxyl groups is 1. The minimum Gasteiger partial charge on any atom is -0.497 e. The maximum Gasteiger partial charge on any atom is 0.153 e. The van der Waals surface area contributed by atoms with E-state index in [2.05, 4.69) is 0 Å². The lowest BCUT2D eigenvalue weighted by molar-refractivity contribution is 0.266. The van der Waals surface area contributed by atoms with Gasteiger partial charge in [-0.05, 0) is 18.2 Å². The molecule has 6 heteroatoms. The molecule has 0 atom stereocenters. The standard InChI is InChI=1S/C12H18O5S/c1-3-18(14,15)7-6-17-12-5-4-11(16-2)8-10(12)9-13/h4-5,8,13H,3,6-7,9H2,1-2H3. The van der Waals surface area contributed by atoms with Gasteiger partial charge in [0.05, 0.1) is 19.5 Å².